The SMILES string of the molecule is O=C1C(O)=CC(c2cccc(OC(F)(F)F)c2)N1c1ccc(OC(F)(F)F)cc1. The molecular weight excluding hydrogens is 408 g/mol. The fraction of sp³-hybridized carbons (Fsp3) is 0.167. The van der Waals surface area contributed by atoms with Crippen LogP contribution in [-0.2, 0) is 4.79 Å². The average molecular weight is 419 g/mol. The second-order valence-electron chi connectivity index (χ2n) is 5.83. The van der Waals surface area contributed by atoms with Crippen LogP contribution in [0.4, 0.5) is 32.0 Å². The van der Waals surface area contributed by atoms with Crippen molar-refractivity contribution >= 4 is 11.6 Å². The Kier molecular flexibility index (Phi) is 5.07. The number of hydrogen-bond donors (Lipinski definition) is 1. The molecule has 2 aromatic carbocycles. The summed E-state index contributed by atoms with van der Waals surface area (Å²) in [6.45, 7) is 0. The molecule has 1 amide bonds. The first-order chi connectivity index (χ1) is 13.4. The molecule has 1 heterocycles. The van der Waals surface area contributed by atoms with Gasteiger partial charge in [0, 0.05) is 5.69 Å². The summed E-state index contributed by atoms with van der Waals surface area (Å²) in [5.74, 6) is -2.59. The lowest BCUT2D eigenvalue weighted by atomic mass is 10.1. The molecule has 1 N–H and O–H groups in total. The molecule has 5 nitrogen and oxygen atoms in total. The molecule has 2 aromatic rings. The molecule has 3 rings (SSSR count). The predicted octanol–water partition coefficient (Wildman–Crippen LogP) is 5.01. The largest absolute Gasteiger partial charge is 0.573 e. The van der Waals surface area contributed by atoms with Gasteiger partial charge in [-0.1, -0.05) is 12.1 Å². The molecule has 29 heavy (non-hydrogen) atoms. The molecule has 0 bridgehead atoms. The Balaban J connectivity index is 1.91. The van der Waals surface area contributed by atoms with Gasteiger partial charge in [0.15, 0.2) is 5.76 Å². The molecule has 0 spiro atoms. The summed E-state index contributed by atoms with van der Waals surface area (Å²) in [6.07, 6.45) is -8.71. The van der Waals surface area contributed by atoms with Crippen LogP contribution in [0.15, 0.2) is 60.4 Å². The maximum absolute atomic E-state index is 12.4. The van der Waals surface area contributed by atoms with E-state index >= 15 is 0 Å². The smallest absolute Gasteiger partial charge is 0.503 e. The summed E-state index contributed by atoms with van der Waals surface area (Å²) in [5, 5.41) is 9.81. The fourth-order valence-electron chi connectivity index (χ4n) is 2.77. The predicted molar refractivity (Wildman–Crippen MR) is 87.2 cm³/mol. The Morgan fingerprint density at radius 1 is 0.862 bits per heavy atom. The third-order valence-electron chi connectivity index (χ3n) is 3.81. The van der Waals surface area contributed by atoms with Gasteiger partial charge in [0.05, 0.1) is 6.04 Å². The summed E-state index contributed by atoms with van der Waals surface area (Å²) in [4.78, 5) is 13.3. The molecule has 0 aromatic heterocycles. The van der Waals surface area contributed by atoms with Crippen molar-refractivity contribution in [1.29, 1.82) is 0 Å². The van der Waals surface area contributed by atoms with E-state index in [1.165, 1.54) is 12.1 Å². The summed E-state index contributed by atoms with van der Waals surface area (Å²) in [7, 11) is 0. The summed E-state index contributed by atoms with van der Waals surface area (Å²) in [5.41, 5.74) is 0.275. The van der Waals surface area contributed by atoms with E-state index in [1.54, 1.807) is 0 Å². The number of hydrogen-bond acceptors (Lipinski definition) is 4. The van der Waals surface area contributed by atoms with Crippen LogP contribution in [0.5, 0.6) is 11.5 Å². The minimum Gasteiger partial charge on any atom is -0.503 e. The summed E-state index contributed by atoms with van der Waals surface area (Å²) < 4.78 is 81.7. The second kappa shape index (κ2) is 7.22. The van der Waals surface area contributed by atoms with Gasteiger partial charge in [-0.2, -0.15) is 0 Å². The van der Waals surface area contributed by atoms with Gasteiger partial charge >= 0.3 is 12.7 Å². The second-order valence-corrected chi connectivity index (χ2v) is 5.83. The van der Waals surface area contributed by atoms with Crippen molar-refractivity contribution in [2.75, 3.05) is 4.90 Å². The number of rotatable bonds is 4. The highest BCUT2D eigenvalue weighted by molar-refractivity contribution is 6.07. The van der Waals surface area contributed by atoms with Crippen molar-refractivity contribution in [2.45, 2.75) is 18.8 Å². The lowest BCUT2D eigenvalue weighted by Crippen LogP contribution is -2.29. The van der Waals surface area contributed by atoms with E-state index in [0.717, 1.165) is 47.4 Å². The maximum atomic E-state index is 12.4. The monoisotopic (exact) mass is 419 g/mol. The third kappa shape index (κ3) is 4.92. The van der Waals surface area contributed by atoms with Crippen molar-refractivity contribution < 1.29 is 45.7 Å². The number of nitrogens with zero attached hydrogens (tertiary/aromatic N) is 1. The van der Waals surface area contributed by atoms with Crippen LogP contribution in [0.25, 0.3) is 0 Å². The van der Waals surface area contributed by atoms with Gasteiger partial charge in [-0.05, 0) is 48.0 Å². The maximum Gasteiger partial charge on any atom is 0.573 e. The van der Waals surface area contributed by atoms with Crippen LogP contribution in [-0.4, -0.2) is 23.7 Å². The fourth-order valence-corrected chi connectivity index (χ4v) is 2.77. The molecule has 11 heteroatoms. The topological polar surface area (TPSA) is 59.0 Å². The Morgan fingerprint density at radius 3 is 2.03 bits per heavy atom. The van der Waals surface area contributed by atoms with E-state index in [4.69, 9.17) is 0 Å². The summed E-state index contributed by atoms with van der Waals surface area (Å²) in [6, 6.07) is 7.99. The highest BCUT2D eigenvalue weighted by atomic mass is 19.4. The lowest BCUT2D eigenvalue weighted by Gasteiger charge is -2.25. The molecule has 0 saturated heterocycles. The number of amides is 1. The van der Waals surface area contributed by atoms with Gasteiger partial charge in [0.2, 0.25) is 0 Å². The minimum atomic E-state index is -4.92. The van der Waals surface area contributed by atoms with E-state index in [9.17, 15) is 36.2 Å². The standard InChI is InChI=1S/C18H11F6NO4/c19-17(20,21)28-12-6-4-11(5-7-12)25-14(9-15(26)16(25)27)10-2-1-3-13(8-10)29-18(22,23)24/h1-9,14,26H. The Bertz CT molecular complexity index is 937. The van der Waals surface area contributed by atoms with Crippen LogP contribution in [0.1, 0.15) is 11.6 Å². The molecule has 0 saturated carbocycles. The van der Waals surface area contributed by atoms with E-state index in [1.807, 2.05) is 0 Å². The van der Waals surface area contributed by atoms with Crippen molar-refractivity contribution in [3.63, 3.8) is 0 Å². The van der Waals surface area contributed by atoms with E-state index in [-0.39, 0.29) is 11.3 Å². The van der Waals surface area contributed by atoms with Gasteiger partial charge in [0.1, 0.15) is 11.5 Å². The molecule has 1 aliphatic rings. The van der Waals surface area contributed by atoms with E-state index < -0.39 is 41.9 Å². The van der Waals surface area contributed by atoms with Crippen molar-refractivity contribution in [1.82, 2.24) is 0 Å². The molecular formula is C18H11F6NO4. The highest BCUT2D eigenvalue weighted by Crippen LogP contribution is 2.37. The van der Waals surface area contributed by atoms with Crippen molar-refractivity contribution in [3.8, 4) is 11.5 Å². The summed E-state index contributed by atoms with van der Waals surface area (Å²) >= 11 is 0. The number of carbonyl (C=O) groups excluding carboxylic acids is 1. The van der Waals surface area contributed by atoms with Crippen LogP contribution in [0, 0.1) is 0 Å². The van der Waals surface area contributed by atoms with E-state index in [2.05, 4.69) is 9.47 Å². The molecule has 0 radical (unpaired) electrons. The minimum absolute atomic E-state index is 0.0944. The first kappa shape index (κ1) is 20.4. The number of aliphatic hydroxyl groups is 1. The van der Waals surface area contributed by atoms with Gasteiger partial charge in [-0.3, -0.25) is 9.69 Å². The number of carbonyl (C=O) groups is 1. The van der Waals surface area contributed by atoms with Crippen LogP contribution in [0.2, 0.25) is 0 Å². The highest BCUT2D eigenvalue weighted by Gasteiger charge is 2.36. The molecule has 0 aliphatic carbocycles. The number of ether oxygens (including phenoxy) is 2. The first-order valence-corrected chi connectivity index (χ1v) is 7.89. The van der Waals surface area contributed by atoms with Gasteiger partial charge in [-0.25, -0.2) is 0 Å². The van der Waals surface area contributed by atoms with E-state index in [0.29, 0.717) is 0 Å². The Morgan fingerprint density at radius 2 is 1.45 bits per heavy atom. The quantitative estimate of drug-likeness (QED) is 0.708. The number of alkyl halides is 6. The van der Waals surface area contributed by atoms with Gasteiger partial charge in [0.25, 0.3) is 5.91 Å². The number of halogens is 6. The van der Waals surface area contributed by atoms with Gasteiger partial charge in [-0.15, -0.1) is 26.3 Å². The van der Waals surface area contributed by atoms with Crippen molar-refractivity contribution in [3.05, 3.63) is 65.9 Å². The molecule has 0 fully saturated rings. The van der Waals surface area contributed by atoms with Gasteiger partial charge < -0.3 is 14.6 Å². The zero-order valence-corrected chi connectivity index (χ0v) is 14.2. The zero-order valence-electron chi connectivity index (χ0n) is 14.2. The Labute approximate surface area is 159 Å². The first-order valence-electron chi connectivity index (χ1n) is 7.89. The molecule has 1 aliphatic heterocycles. The van der Waals surface area contributed by atoms with Crippen LogP contribution >= 0.6 is 0 Å². The number of benzene rings is 2. The number of aliphatic hydroxyl groups excluding tert-OH is 1. The van der Waals surface area contributed by atoms with Crippen LogP contribution < -0.4 is 14.4 Å². The number of anilines is 1. The van der Waals surface area contributed by atoms with Crippen molar-refractivity contribution in [2.24, 2.45) is 0 Å². The Hall–Kier alpha value is -3.37. The molecule has 1 atom stereocenters. The average Bonchev–Trinajstić information content (AvgIpc) is 2.88. The van der Waals surface area contributed by atoms with Crippen LogP contribution in [0.3, 0.4) is 0 Å². The zero-order chi connectivity index (χ0) is 21.4. The third-order valence-corrected chi connectivity index (χ3v) is 3.81. The normalized spacial score (nSPS) is 17.3. The lowest BCUT2D eigenvalue weighted by molar-refractivity contribution is -0.275. The molecule has 1 unspecified atom stereocenters. The molecule has 154 valence electrons.